The van der Waals surface area contributed by atoms with Crippen LogP contribution in [-0.2, 0) is 19.9 Å². The summed E-state index contributed by atoms with van der Waals surface area (Å²) in [5.74, 6) is -0.685. The second-order valence-electron chi connectivity index (χ2n) is 4.53. The molecule has 0 amide bonds. The molecule has 0 aromatic heterocycles. The van der Waals surface area contributed by atoms with Gasteiger partial charge in [0.15, 0.2) is 9.84 Å². The largest absolute Gasteiger partial charge is 0.243 e. The second kappa shape index (κ2) is 4.84. The van der Waals surface area contributed by atoms with Crippen LogP contribution >= 0.6 is 0 Å². The molecule has 19 heavy (non-hydrogen) atoms. The van der Waals surface area contributed by atoms with Gasteiger partial charge in [-0.25, -0.2) is 21.2 Å². The molecule has 2 rings (SSSR count). The Kier molecular flexibility index (Phi) is 3.67. The lowest BCUT2D eigenvalue weighted by Gasteiger charge is -2.22. The van der Waals surface area contributed by atoms with Crippen molar-refractivity contribution >= 4 is 19.9 Å². The number of benzene rings is 1. The highest BCUT2D eigenvalue weighted by Crippen LogP contribution is 2.23. The van der Waals surface area contributed by atoms with E-state index in [0.29, 0.717) is 6.42 Å². The molecule has 0 aliphatic carbocycles. The Balaban J connectivity index is 2.27. The van der Waals surface area contributed by atoms with Gasteiger partial charge in [0.2, 0.25) is 10.0 Å². The molecule has 1 aliphatic rings. The van der Waals surface area contributed by atoms with Gasteiger partial charge in [-0.1, -0.05) is 0 Å². The molecule has 106 valence electrons. The molecular weight excluding hydrogens is 293 g/mol. The fourth-order valence-electron chi connectivity index (χ4n) is 2.03. The first-order valence-electron chi connectivity index (χ1n) is 5.66. The molecule has 8 heteroatoms. The first-order chi connectivity index (χ1) is 8.72. The molecule has 1 atom stereocenters. The summed E-state index contributed by atoms with van der Waals surface area (Å²) in [5.41, 5.74) is 0. The van der Waals surface area contributed by atoms with E-state index in [1.54, 1.807) is 0 Å². The Morgan fingerprint density at radius 2 is 1.84 bits per heavy atom. The Bertz CT molecular complexity index is 667. The fraction of sp³-hybridized carbons (Fsp3) is 0.455. The van der Waals surface area contributed by atoms with Crippen molar-refractivity contribution in [1.29, 1.82) is 0 Å². The van der Waals surface area contributed by atoms with Crippen LogP contribution in [0.3, 0.4) is 0 Å². The zero-order valence-electron chi connectivity index (χ0n) is 10.3. The molecule has 1 saturated heterocycles. The molecule has 1 heterocycles. The Hall–Kier alpha value is -0.990. The maximum Gasteiger partial charge on any atom is 0.243 e. The molecule has 1 aromatic rings. The van der Waals surface area contributed by atoms with E-state index in [4.69, 9.17) is 0 Å². The van der Waals surface area contributed by atoms with Crippen LogP contribution in [0.2, 0.25) is 0 Å². The van der Waals surface area contributed by atoms with Crippen molar-refractivity contribution in [2.75, 3.05) is 18.6 Å². The second-order valence-corrected chi connectivity index (χ2v) is 8.76. The number of sulfonamides is 1. The monoisotopic (exact) mass is 307 g/mol. The highest BCUT2D eigenvalue weighted by atomic mass is 32.2. The predicted molar refractivity (Wildman–Crippen MR) is 68.4 cm³/mol. The predicted octanol–water partition coefficient (Wildman–Crippen LogP) is 0.633. The lowest BCUT2D eigenvalue weighted by atomic mass is 10.3. The number of hydrogen-bond donors (Lipinski definition) is 0. The Morgan fingerprint density at radius 1 is 1.26 bits per heavy atom. The van der Waals surface area contributed by atoms with Crippen LogP contribution in [0.1, 0.15) is 6.42 Å². The zero-order valence-corrected chi connectivity index (χ0v) is 11.9. The van der Waals surface area contributed by atoms with Gasteiger partial charge in [0.05, 0.1) is 16.4 Å². The van der Waals surface area contributed by atoms with Crippen molar-refractivity contribution in [3.63, 3.8) is 0 Å². The summed E-state index contributed by atoms with van der Waals surface area (Å²) < 4.78 is 61.1. The fourth-order valence-corrected chi connectivity index (χ4v) is 5.28. The lowest BCUT2D eigenvalue weighted by molar-refractivity contribution is 0.394. The third-order valence-electron chi connectivity index (χ3n) is 3.21. The quantitative estimate of drug-likeness (QED) is 0.821. The minimum Gasteiger partial charge on any atom is -0.229 e. The average molecular weight is 307 g/mol. The molecule has 1 fully saturated rings. The van der Waals surface area contributed by atoms with Gasteiger partial charge in [0, 0.05) is 13.1 Å². The van der Waals surface area contributed by atoms with Gasteiger partial charge in [-0.2, -0.15) is 4.31 Å². The van der Waals surface area contributed by atoms with Crippen LogP contribution in [0.4, 0.5) is 4.39 Å². The Labute approximate surface area is 112 Å². The van der Waals surface area contributed by atoms with E-state index < -0.39 is 31.7 Å². The molecule has 0 unspecified atom stereocenters. The average Bonchev–Trinajstić information content (AvgIpc) is 2.69. The lowest BCUT2D eigenvalue weighted by Crippen LogP contribution is -2.37. The molecule has 0 saturated carbocycles. The van der Waals surface area contributed by atoms with E-state index in [9.17, 15) is 21.2 Å². The number of hydrogen-bond acceptors (Lipinski definition) is 4. The van der Waals surface area contributed by atoms with Crippen molar-refractivity contribution in [3.8, 4) is 0 Å². The molecular formula is C11H14FNO4S2. The molecule has 5 nitrogen and oxygen atoms in total. The SMILES string of the molecule is CN([C@@H]1CCS(=O)(=O)C1)S(=O)(=O)c1ccc(F)cc1. The maximum absolute atomic E-state index is 12.8. The van der Waals surface area contributed by atoms with Crippen molar-refractivity contribution in [2.45, 2.75) is 17.4 Å². The maximum atomic E-state index is 12.8. The van der Waals surface area contributed by atoms with Gasteiger partial charge in [0.25, 0.3) is 0 Å². The van der Waals surface area contributed by atoms with Crippen LogP contribution in [-0.4, -0.2) is 45.7 Å². The standard InChI is InChI=1S/C11H14FNO4S2/c1-13(10-6-7-18(14,15)8-10)19(16,17)11-4-2-9(12)3-5-11/h2-5,10H,6-8H2,1H3/t10-/m1/s1. The van der Waals surface area contributed by atoms with Crippen molar-refractivity contribution < 1.29 is 21.2 Å². The van der Waals surface area contributed by atoms with Gasteiger partial charge in [-0.15, -0.1) is 0 Å². The number of rotatable bonds is 3. The smallest absolute Gasteiger partial charge is 0.229 e. The summed E-state index contributed by atoms with van der Waals surface area (Å²) in [6.45, 7) is 0. The van der Waals surface area contributed by atoms with Crippen molar-refractivity contribution in [3.05, 3.63) is 30.1 Å². The molecule has 1 aromatic carbocycles. The minimum absolute atomic E-state index is 0.000937. The van der Waals surface area contributed by atoms with E-state index in [0.717, 1.165) is 16.4 Å². The summed E-state index contributed by atoms with van der Waals surface area (Å²) in [6.07, 6.45) is 0.291. The third-order valence-corrected chi connectivity index (χ3v) is 6.89. The van der Waals surface area contributed by atoms with Crippen LogP contribution in [0, 0.1) is 5.82 Å². The van der Waals surface area contributed by atoms with E-state index in [2.05, 4.69) is 0 Å². The summed E-state index contributed by atoms with van der Waals surface area (Å²) in [4.78, 5) is -0.0410. The number of halogens is 1. The van der Waals surface area contributed by atoms with Gasteiger partial charge >= 0.3 is 0 Å². The molecule has 0 N–H and O–H groups in total. The van der Waals surface area contributed by atoms with E-state index in [-0.39, 0.29) is 16.4 Å². The van der Waals surface area contributed by atoms with Crippen molar-refractivity contribution in [1.82, 2.24) is 4.31 Å². The molecule has 1 aliphatic heterocycles. The van der Waals surface area contributed by atoms with E-state index >= 15 is 0 Å². The molecule has 0 radical (unpaired) electrons. The van der Waals surface area contributed by atoms with Crippen molar-refractivity contribution in [2.24, 2.45) is 0 Å². The zero-order chi connectivity index (χ0) is 14.3. The van der Waals surface area contributed by atoms with Crippen LogP contribution in [0.5, 0.6) is 0 Å². The van der Waals surface area contributed by atoms with E-state index in [1.165, 1.54) is 19.2 Å². The highest BCUT2D eigenvalue weighted by molar-refractivity contribution is 7.92. The summed E-state index contributed by atoms with van der Waals surface area (Å²) >= 11 is 0. The molecule has 0 spiro atoms. The topological polar surface area (TPSA) is 71.5 Å². The van der Waals surface area contributed by atoms with E-state index in [1.807, 2.05) is 0 Å². The van der Waals surface area contributed by atoms with Crippen LogP contribution < -0.4 is 0 Å². The first-order valence-corrected chi connectivity index (χ1v) is 8.92. The van der Waals surface area contributed by atoms with Gasteiger partial charge in [-0.05, 0) is 30.7 Å². The summed E-state index contributed by atoms with van der Waals surface area (Å²) in [7, 11) is -5.59. The molecule has 0 bridgehead atoms. The summed E-state index contributed by atoms with van der Waals surface area (Å²) in [5, 5.41) is 0. The highest BCUT2D eigenvalue weighted by Gasteiger charge is 2.36. The van der Waals surface area contributed by atoms with Gasteiger partial charge in [0.1, 0.15) is 5.82 Å². The summed E-state index contributed by atoms with van der Waals surface area (Å²) in [6, 6.07) is 3.91. The van der Waals surface area contributed by atoms with Gasteiger partial charge in [-0.3, -0.25) is 0 Å². The van der Waals surface area contributed by atoms with Crippen LogP contribution in [0.25, 0.3) is 0 Å². The van der Waals surface area contributed by atoms with Crippen LogP contribution in [0.15, 0.2) is 29.2 Å². The normalized spacial score (nSPS) is 22.8. The van der Waals surface area contributed by atoms with Gasteiger partial charge < -0.3 is 0 Å². The Morgan fingerprint density at radius 3 is 2.32 bits per heavy atom. The first kappa shape index (κ1) is 14.4. The minimum atomic E-state index is -3.79. The third kappa shape index (κ3) is 2.96. The number of sulfone groups is 1. The number of nitrogens with zero attached hydrogens (tertiary/aromatic N) is 1.